The van der Waals surface area contributed by atoms with Gasteiger partial charge in [0.05, 0.1) is 39.6 Å². The molecule has 0 aliphatic carbocycles. The molecule has 13 heteroatoms. The molecule has 0 aromatic carbocycles. The molecule has 316 valence electrons. The summed E-state index contributed by atoms with van der Waals surface area (Å²) in [5.41, 5.74) is 10.1. The molecule has 0 fully saturated rings. The molecular weight excluding hydrogens is 676 g/mol. The quantitative estimate of drug-likeness (QED) is 0.0313. The lowest BCUT2D eigenvalue weighted by molar-refractivity contribution is -0.555. The summed E-state index contributed by atoms with van der Waals surface area (Å²) in [6, 6.07) is 0. The highest BCUT2D eigenvalue weighted by Gasteiger charge is 2.66. The SMILES string of the molecule is CCCCCCONC1(OCCCCCC)N=C(N)N(OCCCCCC)C(OCCCCCC)(N(CO)OCCCCCC)N1OCCCCCC. The number of hydrogen-bond acceptors (Lipinski definition) is 13. The van der Waals surface area contributed by atoms with Gasteiger partial charge in [0.25, 0.3) is 0 Å². The summed E-state index contributed by atoms with van der Waals surface area (Å²) in [4.78, 5) is 30.9. The molecule has 1 aliphatic rings. The molecule has 0 bridgehead atoms. The molecule has 1 rings (SSSR count). The van der Waals surface area contributed by atoms with E-state index in [-0.39, 0.29) is 5.96 Å². The second-order valence-electron chi connectivity index (χ2n) is 14.3. The standard InChI is InChI=1S/C40H84N6O7/c1-7-13-19-25-31-48-39(43-50-33-27-21-15-9-3)42-38(41)45(52-35-29-23-17-11-5)40(49-32-26-20-14-8-2,46(39)53-36-30-24-18-12-6)44(37-47)51-34-28-22-16-10-4/h43,47H,7-37H2,1-6H3,(H2,41,42). The number of nitrogens with two attached hydrogens (primary N) is 1. The van der Waals surface area contributed by atoms with E-state index < -0.39 is 18.7 Å². The van der Waals surface area contributed by atoms with Gasteiger partial charge in [-0.1, -0.05) is 167 Å². The number of aliphatic hydroxyl groups is 1. The van der Waals surface area contributed by atoms with Crippen LogP contribution in [0.25, 0.3) is 0 Å². The molecule has 4 N–H and O–H groups in total. The number of ether oxygens (including phenoxy) is 2. The van der Waals surface area contributed by atoms with Crippen molar-refractivity contribution in [2.24, 2.45) is 10.7 Å². The van der Waals surface area contributed by atoms with E-state index in [9.17, 15) is 5.11 Å². The highest BCUT2D eigenvalue weighted by Crippen LogP contribution is 2.39. The van der Waals surface area contributed by atoms with Gasteiger partial charge >= 0.3 is 11.9 Å². The summed E-state index contributed by atoms with van der Waals surface area (Å²) in [5, 5.41) is 15.5. The fourth-order valence-electron chi connectivity index (χ4n) is 6.09. The Kier molecular flexibility index (Phi) is 31.1. The number of hydroxylamine groups is 7. The van der Waals surface area contributed by atoms with Gasteiger partial charge in [0.2, 0.25) is 5.96 Å². The first-order valence-electron chi connectivity index (χ1n) is 21.9. The zero-order chi connectivity index (χ0) is 38.9. The van der Waals surface area contributed by atoms with E-state index in [1.54, 1.807) is 0 Å². The average molecular weight is 761 g/mol. The summed E-state index contributed by atoms with van der Waals surface area (Å²) in [6.45, 7) is 14.7. The molecule has 1 aliphatic heterocycles. The zero-order valence-corrected chi connectivity index (χ0v) is 35.2. The van der Waals surface area contributed by atoms with Gasteiger partial charge in [0, 0.05) is 0 Å². The van der Waals surface area contributed by atoms with Gasteiger partial charge in [-0.25, -0.2) is 0 Å². The predicted octanol–water partition coefficient (Wildman–Crippen LogP) is 9.22. The van der Waals surface area contributed by atoms with E-state index >= 15 is 0 Å². The molecule has 0 aromatic rings. The first kappa shape index (κ1) is 49.9. The Bertz CT molecular complexity index is 862. The van der Waals surface area contributed by atoms with Crippen LogP contribution in [-0.2, 0) is 28.8 Å². The third-order valence-electron chi connectivity index (χ3n) is 9.31. The number of nitrogens with one attached hydrogen (secondary N) is 1. The Balaban J connectivity index is 3.89. The number of aliphatic hydroxyl groups excluding tert-OH is 1. The minimum Gasteiger partial charge on any atom is -0.379 e. The van der Waals surface area contributed by atoms with Crippen LogP contribution in [0.1, 0.15) is 196 Å². The third kappa shape index (κ3) is 19.0. The molecule has 53 heavy (non-hydrogen) atoms. The highest BCUT2D eigenvalue weighted by atomic mass is 16.9. The largest absolute Gasteiger partial charge is 0.379 e. The van der Waals surface area contributed by atoms with Gasteiger partial charge in [-0.3, -0.25) is 19.4 Å². The van der Waals surface area contributed by atoms with Crippen LogP contribution in [0.3, 0.4) is 0 Å². The maximum Gasteiger partial charge on any atom is 0.343 e. The molecule has 1 heterocycles. The van der Waals surface area contributed by atoms with Gasteiger partial charge in [-0.2, -0.15) is 10.1 Å². The number of guanidine groups is 1. The van der Waals surface area contributed by atoms with E-state index in [1.807, 2.05) is 0 Å². The Hall–Kier alpha value is -1.13. The normalized spacial score (nSPS) is 19.5. The summed E-state index contributed by atoms with van der Waals surface area (Å²) in [5.74, 6) is -3.69. The van der Waals surface area contributed by atoms with Crippen molar-refractivity contribution in [1.29, 1.82) is 0 Å². The number of aliphatic imine (C=N–C) groups is 1. The van der Waals surface area contributed by atoms with E-state index in [4.69, 9.17) is 39.6 Å². The molecular formula is C40H84N6O7. The number of hydrogen-bond donors (Lipinski definition) is 3. The molecule has 0 radical (unpaired) electrons. The number of unbranched alkanes of at least 4 members (excludes halogenated alkanes) is 18. The molecule has 0 aromatic heterocycles. The lowest BCUT2D eigenvalue weighted by Crippen LogP contribution is -2.82. The second-order valence-corrected chi connectivity index (χ2v) is 14.3. The third-order valence-corrected chi connectivity index (χ3v) is 9.31. The first-order chi connectivity index (χ1) is 26.0. The van der Waals surface area contributed by atoms with Gasteiger partial charge in [-0.15, -0.1) is 5.48 Å². The first-order valence-corrected chi connectivity index (χ1v) is 21.9. The fraction of sp³-hybridized carbons (Fsp3) is 0.975. The zero-order valence-electron chi connectivity index (χ0n) is 35.2. The van der Waals surface area contributed by atoms with E-state index in [1.165, 1.54) is 15.2 Å². The van der Waals surface area contributed by atoms with Crippen LogP contribution in [0.15, 0.2) is 4.99 Å². The van der Waals surface area contributed by atoms with Gasteiger partial charge in [0.1, 0.15) is 6.73 Å². The van der Waals surface area contributed by atoms with Crippen molar-refractivity contribution in [3.63, 3.8) is 0 Å². The van der Waals surface area contributed by atoms with Crippen molar-refractivity contribution in [3.05, 3.63) is 0 Å². The second kappa shape index (κ2) is 33.1. The van der Waals surface area contributed by atoms with Crippen molar-refractivity contribution < 1.29 is 33.9 Å². The minimum absolute atomic E-state index is 0.0106. The number of nitrogens with zero attached hydrogens (tertiary/aromatic N) is 4. The van der Waals surface area contributed by atoms with Crippen molar-refractivity contribution >= 4 is 5.96 Å². The van der Waals surface area contributed by atoms with Crippen LogP contribution in [-0.4, -0.2) is 84.6 Å². The van der Waals surface area contributed by atoms with Crippen LogP contribution in [0.2, 0.25) is 0 Å². The van der Waals surface area contributed by atoms with E-state index in [2.05, 4.69) is 47.0 Å². The number of rotatable bonds is 39. The smallest absolute Gasteiger partial charge is 0.343 e. The predicted molar refractivity (Wildman–Crippen MR) is 213 cm³/mol. The van der Waals surface area contributed by atoms with Crippen LogP contribution in [0, 0.1) is 0 Å². The van der Waals surface area contributed by atoms with Gasteiger partial charge in [0.15, 0.2) is 0 Å². The van der Waals surface area contributed by atoms with E-state index in [0.29, 0.717) is 39.6 Å². The van der Waals surface area contributed by atoms with Crippen LogP contribution in [0.5, 0.6) is 0 Å². The average Bonchev–Trinajstić information content (AvgIpc) is 3.16. The van der Waals surface area contributed by atoms with Crippen molar-refractivity contribution in [1.82, 2.24) is 20.7 Å². The topological polar surface area (TPSA) is 136 Å². The van der Waals surface area contributed by atoms with Gasteiger partial charge < -0.3 is 20.3 Å². The molecule has 2 unspecified atom stereocenters. The minimum atomic E-state index is -1.88. The van der Waals surface area contributed by atoms with Crippen molar-refractivity contribution in [3.8, 4) is 0 Å². The van der Waals surface area contributed by atoms with E-state index in [0.717, 1.165) is 154 Å². The Morgan fingerprint density at radius 2 is 1.00 bits per heavy atom. The van der Waals surface area contributed by atoms with Crippen molar-refractivity contribution in [2.75, 3.05) is 46.4 Å². The lowest BCUT2D eigenvalue weighted by atomic mass is 10.2. The Morgan fingerprint density at radius 3 is 1.49 bits per heavy atom. The van der Waals surface area contributed by atoms with Crippen LogP contribution < -0.4 is 11.2 Å². The highest BCUT2D eigenvalue weighted by molar-refractivity contribution is 5.78. The summed E-state index contributed by atoms with van der Waals surface area (Å²) in [6.07, 6.45) is 24.0. The molecule has 0 saturated heterocycles. The maximum absolute atomic E-state index is 11.2. The van der Waals surface area contributed by atoms with Crippen LogP contribution >= 0.6 is 0 Å². The Labute approximate surface area is 324 Å². The molecule has 2 atom stereocenters. The molecule has 13 nitrogen and oxygen atoms in total. The molecule has 0 spiro atoms. The summed E-state index contributed by atoms with van der Waals surface area (Å²) < 4.78 is 13.7. The van der Waals surface area contributed by atoms with Crippen molar-refractivity contribution in [2.45, 2.75) is 208 Å². The molecule has 0 amide bonds. The fourth-order valence-corrected chi connectivity index (χ4v) is 6.09. The van der Waals surface area contributed by atoms with Gasteiger partial charge in [-0.05, 0) is 38.5 Å². The monoisotopic (exact) mass is 761 g/mol. The maximum atomic E-state index is 11.2. The van der Waals surface area contributed by atoms with Crippen LogP contribution in [0.4, 0.5) is 0 Å². The summed E-state index contributed by atoms with van der Waals surface area (Å²) >= 11 is 0. The lowest BCUT2D eigenvalue weighted by Gasteiger charge is -2.57. The molecule has 0 saturated carbocycles. The summed E-state index contributed by atoms with van der Waals surface area (Å²) in [7, 11) is 0. The Morgan fingerprint density at radius 1 is 0.566 bits per heavy atom.